The van der Waals surface area contributed by atoms with E-state index in [1.165, 1.54) is 18.0 Å². The van der Waals surface area contributed by atoms with Crippen molar-refractivity contribution in [2.24, 2.45) is 5.92 Å². The van der Waals surface area contributed by atoms with Gasteiger partial charge in [-0.1, -0.05) is 19.1 Å². The van der Waals surface area contributed by atoms with Gasteiger partial charge in [0.25, 0.3) is 0 Å². The Morgan fingerprint density at radius 2 is 2.29 bits per heavy atom. The summed E-state index contributed by atoms with van der Waals surface area (Å²) in [6, 6.07) is 8.15. The molecule has 0 radical (unpaired) electrons. The van der Waals surface area contributed by atoms with Crippen LogP contribution in [0.25, 0.3) is 10.9 Å². The molecule has 17 heavy (non-hydrogen) atoms. The summed E-state index contributed by atoms with van der Waals surface area (Å²) in [5.41, 5.74) is 1.03. The Morgan fingerprint density at radius 1 is 1.41 bits per heavy atom. The zero-order valence-corrected chi connectivity index (χ0v) is 10.7. The van der Waals surface area contributed by atoms with Gasteiger partial charge in [0.05, 0.1) is 10.9 Å². The van der Waals surface area contributed by atoms with Crippen molar-refractivity contribution in [3.8, 4) is 5.06 Å². The predicted octanol–water partition coefficient (Wildman–Crippen LogP) is 2.67. The minimum atomic E-state index is 0.271. The van der Waals surface area contributed by atoms with Crippen molar-refractivity contribution >= 4 is 22.4 Å². The highest BCUT2D eigenvalue weighted by molar-refractivity contribution is 7.09. The SMILES string of the molecule is CC1CCNCC1Oc1snc2ccccc12. The van der Waals surface area contributed by atoms with Crippen LogP contribution in [-0.4, -0.2) is 23.6 Å². The maximum atomic E-state index is 6.11. The lowest BCUT2D eigenvalue weighted by atomic mass is 9.97. The molecule has 0 amide bonds. The fourth-order valence-electron chi connectivity index (χ4n) is 2.21. The van der Waals surface area contributed by atoms with Crippen molar-refractivity contribution in [1.82, 2.24) is 9.69 Å². The van der Waals surface area contributed by atoms with E-state index >= 15 is 0 Å². The van der Waals surface area contributed by atoms with Gasteiger partial charge in [0.15, 0.2) is 0 Å². The second-order valence-electron chi connectivity index (χ2n) is 4.61. The molecule has 3 nitrogen and oxygen atoms in total. The zero-order valence-electron chi connectivity index (χ0n) is 9.85. The van der Waals surface area contributed by atoms with Crippen LogP contribution in [0.1, 0.15) is 13.3 Å². The molecular formula is C13H16N2OS. The van der Waals surface area contributed by atoms with Gasteiger partial charge in [0.2, 0.25) is 5.06 Å². The number of piperidine rings is 1. The topological polar surface area (TPSA) is 34.1 Å². The lowest BCUT2D eigenvalue weighted by Crippen LogP contribution is -2.42. The summed E-state index contributed by atoms with van der Waals surface area (Å²) >= 11 is 1.46. The van der Waals surface area contributed by atoms with E-state index in [1.807, 2.05) is 18.2 Å². The van der Waals surface area contributed by atoms with Gasteiger partial charge < -0.3 is 10.1 Å². The molecule has 1 saturated heterocycles. The second kappa shape index (κ2) is 4.63. The van der Waals surface area contributed by atoms with Crippen molar-refractivity contribution in [3.05, 3.63) is 24.3 Å². The van der Waals surface area contributed by atoms with Crippen molar-refractivity contribution in [2.75, 3.05) is 13.1 Å². The minimum Gasteiger partial charge on any atom is -0.477 e. The van der Waals surface area contributed by atoms with E-state index in [0.717, 1.165) is 29.1 Å². The van der Waals surface area contributed by atoms with Crippen LogP contribution in [0.5, 0.6) is 5.06 Å². The van der Waals surface area contributed by atoms with E-state index in [9.17, 15) is 0 Å². The lowest BCUT2D eigenvalue weighted by molar-refractivity contribution is 0.120. The molecule has 2 heterocycles. The fourth-order valence-corrected chi connectivity index (χ4v) is 2.99. The van der Waals surface area contributed by atoms with Crippen LogP contribution in [0.4, 0.5) is 0 Å². The lowest BCUT2D eigenvalue weighted by Gasteiger charge is -2.29. The molecule has 0 spiro atoms. The molecule has 1 aromatic heterocycles. The van der Waals surface area contributed by atoms with Crippen molar-refractivity contribution in [1.29, 1.82) is 0 Å². The van der Waals surface area contributed by atoms with Crippen LogP contribution in [0, 0.1) is 5.92 Å². The molecule has 1 aliphatic rings. The van der Waals surface area contributed by atoms with Crippen LogP contribution in [0.15, 0.2) is 24.3 Å². The average molecular weight is 248 g/mol. The van der Waals surface area contributed by atoms with Crippen LogP contribution in [0.2, 0.25) is 0 Å². The summed E-state index contributed by atoms with van der Waals surface area (Å²) in [5.74, 6) is 0.608. The summed E-state index contributed by atoms with van der Waals surface area (Å²) in [7, 11) is 0. The molecule has 3 rings (SSSR count). The van der Waals surface area contributed by atoms with Crippen LogP contribution in [-0.2, 0) is 0 Å². The molecule has 2 unspecified atom stereocenters. The Balaban J connectivity index is 1.84. The number of rotatable bonds is 2. The first-order chi connectivity index (χ1) is 8.34. The van der Waals surface area contributed by atoms with Crippen molar-refractivity contribution in [3.63, 3.8) is 0 Å². The van der Waals surface area contributed by atoms with Crippen molar-refractivity contribution in [2.45, 2.75) is 19.4 Å². The number of ether oxygens (including phenoxy) is 1. The quantitative estimate of drug-likeness (QED) is 0.887. The molecule has 0 bridgehead atoms. The Kier molecular flexibility index (Phi) is 2.99. The van der Waals surface area contributed by atoms with Gasteiger partial charge in [0.1, 0.15) is 6.10 Å². The van der Waals surface area contributed by atoms with Gasteiger partial charge in [-0.3, -0.25) is 0 Å². The van der Waals surface area contributed by atoms with Gasteiger partial charge >= 0.3 is 0 Å². The Bertz CT molecular complexity index is 511. The number of hydrogen-bond acceptors (Lipinski definition) is 4. The summed E-state index contributed by atoms with van der Waals surface area (Å²) in [5, 5.41) is 5.48. The Labute approximate surface area is 105 Å². The minimum absolute atomic E-state index is 0.271. The van der Waals surface area contributed by atoms with E-state index in [1.54, 1.807) is 0 Å². The third kappa shape index (κ3) is 2.15. The molecule has 2 atom stereocenters. The third-order valence-corrected chi connectivity index (χ3v) is 4.14. The molecule has 1 fully saturated rings. The standard InChI is InChI=1S/C13H16N2OS/c1-9-6-7-14-8-12(9)16-13-10-4-2-3-5-11(10)15-17-13/h2-5,9,12,14H,6-8H2,1H3. The summed E-state index contributed by atoms with van der Waals surface area (Å²) in [6.07, 6.45) is 1.45. The van der Waals surface area contributed by atoms with E-state index in [4.69, 9.17) is 4.74 Å². The molecule has 0 aliphatic carbocycles. The largest absolute Gasteiger partial charge is 0.477 e. The number of nitrogens with one attached hydrogen (secondary N) is 1. The Hall–Kier alpha value is -1.13. The van der Waals surface area contributed by atoms with E-state index in [0.29, 0.717) is 5.92 Å². The molecule has 2 aromatic rings. The zero-order chi connectivity index (χ0) is 11.7. The first-order valence-electron chi connectivity index (χ1n) is 6.06. The highest BCUT2D eigenvalue weighted by Crippen LogP contribution is 2.32. The van der Waals surface area contributed by atoms with E-state index < -0.39 is 0 Å². The summed E-state index contributed by atoms with van der Waals surface area (Å²) in [6.45, 7) is 4.30. The molecule has 90 valence electrons. The van der Waals surface area contributed by atoms with Gasteiger partial charge in [0, 0.05) is 18.1 Å². The van der Waals surface area contributed by atoms with Crippen LogP contribution >= 0.6 is 11.5 Å². The number of hydrogen-bond donors (Lipinski definition) is 1. The normalized spacial score (nSPS) is 25.0. The molecule has 1 N–H and O–H groups in total. The number of fused-ring (bicyclic) bond motifs is 1. The molecule has 1 aliphatic heterocycles. The maximum absolute atomic E-state index is 6.11. The summed E-state index contributed by atoms with van der Waals surface area (Å²) in [4.78, 5) is 0. The maximum Gasteiger partial charge on any atom is 0.201 e. The van der Waals surface area contributed by atoms with Crippen LogP contribution < -0.4 is 10.1 Å². The molecule has 0 saturated carbocycles. The van der Waals surface area contributed by atoms with Crippen molar-refractivity contribution < 1.29 is 4.74 Å². The molecule has 4 heteroatoms. The number of benzene rings is 1. The molecule has 1 aromatic carbocycles. The Morgan fingerprint density at radius 3 is 3.18 bits per heavy atom. The van der Waals surface area contributed by atoms with Gasteiger partial charge in [-0.15, -0.1) is 0 Å². The van der Waals surface area contributed by atoms with Gasteiger partial charge in [-0.05, 0) is 31.0 Å². The third-order valence-electron chi connectivity index (χ3n) is 3.37. The van der Waals surface area contributed by atoms with E-state index in [-0.39, 0.29) is 6.10 Å². The smallest absolute Gasteiger partial charge is 0.201 e. The predicted molar refractivity (Wildman–Crippen MR) is 70.7 cm³/mol. The molecular weight excluding hydrogens is 232 g/mol. The monoisotopic (exact) mass is 248 g/mol. The first-order valence-corrected chi connectivity index (χ1v) is 6.84. The van der Waals surface area contributed by atoms with Gasteiger partial charge in [-0.2, -0.15) is 4.37 Å². The first kappa shape index (κ1) is 11.0. The van der Waals surface area contributed by atoms with E-state index in [2.05, 4.69) is 22.7 Å². The second-order valence-corrected chi connectivity index (χ2v) is 5.35. The summed E-state index contributed by atoms with van der Waals surface area (Å²) < 4.78 is 10.5. The van der Waals surface area contributed by atoms with Gasteiger partial charge in [-0.25, -0.2) is 0 Å². The average Bonchev–Trinajstić information content (AvgIpc) is 2.76. The number of aromatic nitrogens is 1. The highest BCUT2D eigenvalue weighted by Gasteiger charge is 2.23. The highest BCUT2D eigenvalue weighted by atomic mass is 32.1. The van der Waals surface area contributed by atoms with Crippen LogP contribution in [0.3, 0.4) is 0 Å². The fraction of sp³-hybridized carbons (Fsp3) is 0.462. The number of nitrogens with zero attached hydrogens (tertiary/aromatic N) is 1.